The molecule has 9 nitrogen and oxygen atoms in total. The molecule has 3 rings (SSSR count). The topological polar surface area (TPSA) is 103 Å². The van der Waals surface area contributed by atoms with Gasteiger partial charge in [0.05, 0.1) is 18.9 Å². The fourth-order valence-corrected chi connectivity index (χ4v) is 3.37. The number of hydrogen-bond donors (Lipinski definition) is 2. The maximum Gasteiger partial charge on any atom is 0.407 e. The molecule has 3 aromatic rings. The molecule has 1 amide bonds. The summed E-state index contributed by atoms with van der Waals surface area (Å²) in [4.78, 5) is 21.5. The third kappa shape index (κ3) is 6.46. The van der Waals surface area contributed by atoms with Gasteiger partial charge in [-0.3, -0.25) is 4.68 Å². The highest BCUT2D eigenvalue weighted by Crippen LogP contribution is 2.33. The van der Waals surface area contributed by atoms with Gasteiger partial charge in [0.25, 0.3) is 0 Å². The van der Waals surface area contributed by atoms with Gasteiger partial charge in [0.1, 0.15) is 17.2 Å². The van der Waals surface area contributed by atoms with Gasteiger partial charge in [-0.05, 0) is 51.8 Å². The molecule has 2 aromatic heterocycles. The van der Waals surface area contributed by atoms with Gasteiger partial charge >= 0.3 is 6.09 Å². The Labute approximate surface area is 200 Å². The molecule has 1 atom stereocenters. The minimum absolute atomic E-state index is 0.115. The van der Waals surface area contributed by atoms with E-state index in [2.05, 4.69) is 20.7 Å². The number of nitrogens with one attached hydrogen (secondary N) is 2. The average Bonchev–Trinajstić information content (AvgIpc) is 3.22. The molecule has 0 radical (unpaired) electrons. The molecule has 0 bridgehead atoms. The lowest BCUT2D eigenvalue weighted by Gasteiger charge is -2.23. The second-order valence-corrected chi connectivity index (χ2v) is 9.18. The van der Waals surface area contributed by atoms with Crippen LogP contribution in [0.5, 0.6) is 5.75 Å². The van der Waals surface area contributed by atoms with E-state index in [1.165, 1.54) is 0 Å². The zero-order valence-electron chi connectivity index (χ0n) is 21.0. The summed E-state index contributed by atoms with van der Waals surface area (Å²) in [6.45, 7) is 9.98. The molecule has 0 spiro atoms. The Balaban J connectivity index is 1.81. The lowest BCUT2D eigenvalue weighted by molar-refractivity contribution is 0.0506. The van der Waals surface area contributed by atoms with Crippen molar-refractivity contribution in [3.05, 3.63) is 42.4 Å². The van der Waals surface area contributed by atoms with Gasteiger partial charge in [-0.1, -0.05) is 13.0 Å². The number of hydrogen-bond acceptors (Lipinski definition) is 7. The summed E-state index contributed by atoms with van der Waals surface area (Å²) in [6.07, 6.45) is 5.86. The number of anilines is 1. The first-order valence-corrected chi connectivity index (χ1v) is 11.3. The molecule has 9 heteroatoms. The van der Waals surface area contributed by atoms with Crippen LogP contribution in [0.2, 0.25) is 0 Å². The first-order valence-electron chi connectivity index (χ1n) is 11.3. The van der Waals surface area contributed by atoms with Crippen LogP contribution in [0.3, 0.4) is 0 Å². The fraction of sp³-hybridized carbons (Fsp3) is 0.440. The van der Waals surface area contributed by atoms with Crippen molar-refractivity contribution in [2.45, 2.75) is 52.7 Å². The molecule has 1 aromatic carbocycles. The van der Waals surface area contributed by atoms with Crippen molar-refractivity contribution in [1.82, 2.24) is 25.1 Å². The lowest BCUT2D eigenvalue weighted by atomic mass is 10.0. The van der Waals surface area contributed by atoms with Gasteiger partial charge in [0.2, 0.25) is 0 Å². The number of ether oxygens (including phenoxy) is 2. The smallest absolute Gasteiger partial charge is 0.407 e. The van der Waals surface area contributed by atoms with Crippen LogP contribution in [0.1, 0.15) is 39.7 Å². The van der Waals surface area contributed by atoms with Crippen LogP contribution in [0.25, 0.3) is 22.5 Å². The molecule has 34 heavy (non-hydrogen) atoms. The van der Waals surface area contributed by atoms with Gasteiger partial charge in [-0.25, -0.2) is 14.8 Å². The number of alkyl carbamates (subject to hydrolysis) is 1. The summed E-state index contributed by atoms with van der Waals surface area (Å²) in [5, 5.41) is 10.5. The third-order valence-corrected chi connectivity index (χ3v) is 5.18. The highest BCUT2D eigenvalue weighted by atomic mass is 16.6. The number of benzene rings is 1. The molecular formula is C25H34N6O3. The minimum Gasteiger partial charge on any atom is -0.496 e. The van der Waals surface area contributed by atoms with E-state index < -0.39 is 11.7 Å². The van der Waals surface area contributed by atoms with Crippen LogP contribution in [0.4, 0.5) is 10.6 Å². The van der Waals surface area contributed by atoms with Crippen molar-refractivity contribution in [2.24, 2.45) is 7.05 Å². The van der Waals surface area contributed by atoms with E-state index in [4.69, 9.17) is 14.5 Å². The van der Waals surface area contributed by atoms with Crippen LogP contribution in [-0.4, -0.2) is 51.1 Å². The summed E-state index contributed by atoms with van der Waals surface area (Å²) >= 11 is 0. The highest BCUT2D eigenvalue weighted by molar-refractivity contribution is 5.74. The predicted octanol–water partition coefficient (Wildman–Crippen LogP) is 4.58. The van der Waals surface area contributed by atoms with E-state index in [1.54, 1.807) is 18.0 Å². The fourth-order valence-electron chi connectivity index (χ4n) is 3.37. The Kier molecular flexibility index (Phi) is 7.75. The van der Waals surface area contributed by atoms with E-state index in [0.717, 1.165) is 28.7 Å². The standard InChI is InChI=1S/C25H34N6O3/c1-8-19(29-24(32)34-25(3,4)5)14-27-22-16(2)12-26-23(30-22)20-11-17(9-10-21(20)33-7)18-13-28-31(6)15-18/h9-13,15,19H,8,14H2,1-7H3,(H,29,32)(H,26,27,30)/t19-/m1/s1. The van der Waals surface area contributed by atoms with Gasteiger partial charge in [-0.2, -0.15) is 5.10 Å². The predicted molar refractivity (Wildman–Crippen MR) is 133 cm³/mol. The average molecular weight is 467 g/mol. The van der Waals surface area contributed by atoms with Crippen LogP contribution in [0, 0.1) is 6.92 Å². The third-order valence-electron chi connectivity index (χ3n) is 5.18. The maximum atomic E-state index is 12.2. The van der Waals surface area contributed by atoms with E-state index in [9.17, 15) is 4.79 Å². The molecule has 0 saturated carbocycles. The summed E-state index contributed by atoms with van der Waals surface area (Å²) < 4.78 is 12.7. The lowest BCUT2D eigenvalue weighted by Crippen LogP contribution is -2.42. The zero-order valence-corrected chi connectivity index (χ0v) is 21.0. The Hall–Kier alpha value is -3.62. The molecule has 2 N–H and O–H groups in total. The van der Waals surface area contributed by atoms with Gasteiger partial charge in [-0.15, -0.1) is 0 Å². The number of methoxy groups -OCH3 is 1. The van der Waals surface area contributed by atoms with Gasteiger partial charge < -0.3 is 20.1 Å². The molecule has 0 aliphatic heterocycles. The summed E-state index contributed by atoms with van der Waals surface area (Å²) in [5.41, 5.74) is 3.13. The van der Waals surface area contributed by atoms with Crippen molar-refractivity contribution >= 4 is 11.9 Å². The molecule has 0 saturated heterocycles. The maximum absolute atomic E-state index is 12.2. The number of amides is 1. The Morgan fingerprint density at radius 1 is 1.21 bits per heavy atom. The second kappa shape index (κ2) is 10.5. The molecule has 182 valence electrons. The van der Waals surface area contributed by atoms with Crippen molar-refractivity contribution in [3.8, 4) is 28.3 Å². The summed E-state index contributed by atoms with van der Waals surface area (Å²) in [5.74, 6) is 1.92. The van der Waals surface area contributed by atoms with Crippen molar-refractivity contribution in [3.63, 3.8) is 0 Å². The van der Waals surface area contributed by atoms with Crippen LogP contribution in [-0.2, 0) is 11.8 Å². The molecule has 0 aliphatic rings. The van der Waals surface area contributed by atoms with E-state index in [0.29, 0.717) is 23.9 Å². The molecule has 0 unspecified atom stereocenters. The number of carbonyl (C=O) groups excluding carboxylic acids is 1. The van der Waals surface area contributed by atoms with Crippen molar-refractivity contribution in [1.29, 1.82) is 0 Å². The Morgan fingerprint density at radius 3 is 2.59 bits per heavy atom. The number of aryl methyl sites for hydroxylation is 2. The van der Waals surface area contributed by atoms with Crippen LogP contribution < -0.4 is 15.4 Å². The Morgan fingerprint density at radius 2 is 1.97 bits per heavy atom. The first kappa shape index (κ1) is 25.0. The quantitative estimate of drug-likeness (QED) is 0.501. The normalized spacial score (nSPS) is 12.2. The van der Waals surface area contributed by atoms with Crippen molar-refractivity contribution < 1.29 is 14.3 Å². The number of nitrogens with zero attached hydrogens (tertiary/aromatic N) is 4. The van der Waals surface area contributed by atoms with Crippen LogP contribution in [0.15, 0.2) is 36.8 Å². The second-order valence-electron chi connectivity index (χ2n) is 9.18. The monoisotopic (exact) mass is 466 g/mol. The molecule has 0 aliphatic carbocycles. The minimum atomic E-state index is -0.544. The summed E-state index contributed by atoms with van der Waals surface area (Å²) in [6, 6.07) is 5.78. The Bertz CT molecular complexity index is 1140. The number of rotatable bonds is 8. The van der Waals surface area contributed by atoms with E-state index in [-0.39, 0.29) is 6.04 Å². The number of aromatic nitrogens is 4. The first-order chi connectivity index (χ1) is 16.1. The van der Waals surface area contributed by atoms with E-state index >= 15 is 0 Å². The molecule has 2 heterocycles. The zero-order chi connectivity index (χ0) is 24.9. The van der Waals surface area contributed by atoms with Crippen molar-refractivity contribution in [2.75, 3.05) is 19.0 Å². The van der Waals surface area contributed by atoms with Gasteiger partial charge in [0, 0.05) is 43.2 Å². The van der Waals surface area contributed by atoms with Crippen LogP contribution >= 0.6 is 0 Å². The number of carbonyl (C=O) groups is 1. The molecule has 0 fully saturated rings. The highest BCUT2D eigenvalue weighted by Gasteiger charge is 2.19. The van der Waals surface area contributed by atoms with E-state index in [1.807, 2.05) is 72.3 Å². The summed E-state index contributed by atoms with van der Waals surface area (Å²) in [7, 11) is 3.51. The SMILES string of the molecule is CC[C@H](CNc1nc(-c2cc(-c3cnn(C)c3)ccc2OC)ncc1C)NC(=O)OC(C)(C)C. The molecular weight excluding hydrogens is 432 g/mol. The largest absolute Gasteiger partial charge is 0.496 e. The van der Waals surface area contributed by atoms with Gasteiger partial charge in [0.15, 0.2) is 5.82 Å².